The molecule has 1 amide bonds. The number of hydrogen-bond acceptors (Lipinski definition) is 3. The van der Waals surface area contributed by atoms with Crippen molar-refractivity contribution >= 4 is 34.9 Å². The molecule has 4 nitrogen and oxygen atoms in total. The minimum absolute atomic E-state index is 0.155. The zero-order valence-corrected chi connectivity index (χ0v) is 14.5. The predicted octanol–water partition coefficient (Wildman–Crippen LogP) is 3.66. The highest BCUT2D eigenvalue weighted by Gasteiger charge is 2.14. The van der Waals surface area contributed by atoms with E-state index in [1.54, 1.807) is 18.2 Å². The topological polar surface area (TPSA) is 53.5 Å². The molecule has 24 heavy (non-hydrogen) atoms. The molecule has 0 atom stereocenters. The van der Waals surface area contributed by atoms with Crippen LogP contribution < -0.4 is 10.6 Å². The molecule has 0 saturated heterocycles. The van der Waals surface area contributed by atoms with Crippen LogP contribution in [0.2, 0.25) is 10.0 Å². The average Bonchev–Trinajstić information content (AvgIpc) is 3.00. The zero-order valence-electron chi connectivity index (χ0n) is 13.0. The van der Waals surface area contributed by atoms with Gasteiger partial charge in [-0.1, -0.05) is 47.5 Å². The summed E-state index contributed by atoms with van der Waals surface area (Å²) in [6, 6.07) is 13.0. The fourth-order valence-electron chi connectivity index (χ4n) is 2.53. The van der Waals surface area contributed by atoms with Crippen molar-refractivity contribution in [2.75, 3.05) is 13.1 Å². The number of rotatable bonds is 5. The summed E-state index contributed by atoms with van der Waals surface area (Å²) in [7, 11) is 0. The van der Waals surface area contributed by atoms with E-state index in [0.29, 0.717) is 22.2 Å². The molecular formula is C18H17Cl2N3O. The van der Waals surface area contributed by atoms with Crippen molar-refractivity contribution in [1.29, 1.82) is 0 Å². The van der Waals surface area contributed by atoms with Gasteiger partial charge in [0.2, 0.25) is 0 Å². The third-order valence-corrected chi connectivity index (χ3v) is 4.53. The zero-order chi connectivity index (χ0) is 16.9. The van der Waals surface area contributed by atoms with Crippen molar-refractivity contribution in [3.05, 3.63) is 69.2 Å². The molecular weight excluding hydrogens is 345 g/mol. The van der Waals surface area contributed by atoms with Gasteiger partial charge >= 0.3 is 0 Å². The number of hydrogen-bond donors (Lipinski definition) is 2. The molecule has 0 unspecified atom stereocenters. The van der Waals surface area contributed by atoms with Crippen LogP contribution in [0.3, 0.4) is 0 Å². The van der Waals surface area contributed by atoms with E-state index in [1.807, 2.05) is 12.1 Å². The maximum atomic E-state index is 12.0. The second-order valence-corrected chi connectivity index (χ2v) is 6.30. The third kappa shape index (κ3) is 3.89. The van der Waals surface area contributed by atoms with Crippen molar-refractivity contribution in [2.24, 2.45) is 4.99 Å². The highest BCUT2D eigenvalue weighted by molar-refractivity contribution is 6.42. The fraction of sp³-hybridized carbons (Fsp3) is 0.222. The van der Waals surface area contributed by atoms with Gasteiger partial charge in [-0.15, -0.1) is 0 Å². The molecule has 124 valence electrons. The van der Waals surface area contributed by atoms with E-state index >= 15 is 0 Å². The highest BCUT2D eigenvalue weighted by Crippen LogP contribution is 2.22. The number of amides is 1. The molecule has 2 aromatic rings. The van der Waals surface area contributed by atoms with Crippen LogP contribution in [0.5, 0.6) is 0 Å². The van der Waals surface area contributed by atoms with Crippen molar-refractivity contribution in [2.45, 2.75) is 13.0 Å². The van der Waals surface area contributed by atoms with E-state index in [9.17, 15) is 4.79 Å². The molecule has 0 aliphatic carbocycles. The van der Waals surface area contributed by atoms with Crippen molar-refractivity contribution in [3.8, 4) is 0 Å². The average molecular weight is 362 g/mol. The minimum Gasteiger partial charge on any atom is -0.370 e. The Morgan fingerprint density at radius 2 is 1.92 bits per heavy atom. The van der Waals surface area contributed by atoms with Crippen LogP contribution >= 0.6 is 23.2 Å². The Balaban J connectivity index is 1.41. The first-order valence-electron chi connectivity index (χ1n) is 7.75. The first-order chi connectivity index (χ1) is 11.6. The van der Waals surface area contributed by atoms with E-state index < -0.39 is 0 Å². The van der Waals surface area contributed by atoms with Gasteiger partial charge in [-0.2, -0.15) is 0 Å². The summed E-state index contributed by atoms with van der Waals surface area (Å²) in [5, 5.41) is 7.02. The van der Waals surface area contributed by atoms with Gasteiger partial charge in [0.15, 0.2) is 0 Å². The summed E-state index contributed by atoms with van der Waals surface area (Å²) in [6.45, 7) is 2.04. The molecule has 6 heteroatoms. The van der Waals surface area contributed by atoms with E-state index in [2.05, 4.69) is 27.8 Å². The Hall–Kier alpha value is -2.04. The van der Waals surface area contributed by atoms with Gasteiger partial charge in [0.1, 0.15) is 5.84 Å². The third-order valence-electron chi connectivity index (χ3n) is 3.79. The summed E-state index contributed by atoms with van der Waals surface area (Å²) in [6.07, 6.45) is 0.800. The van der Waals surface area contributed by atoms with E-state index in [4.69, 9.17) is 23.2 Å². The largest absolute Gasteiger partial charge is 0.370 e. The minimum atomic E-state index is -0.155. The Morgan fingerprint density at radius 3 is 2.75 bits per heavy atom. The number of carbonyl (C=O) groups is 1. The number of aliphatic imine (C=N–C) groups is 1. The smallest absolute Gasteiger partial charge is 0.251 e. The van der Waals surface area contributed by atoms with E-state index in [1.165, 1.54) is 5.56 Å². The molecule has 2 aromatic carbocycles. The summed E-state index contributed by atoms with van der Waals surface area (Å²) in [5.41, 5.74) is 2.91. The number of halogens is 2. The number of nitrogens with one attached hydrogen (secondary N) is 2. The number of amidine groups is 1. The van der Waals surface area contributed by atoms with Crippen LogP contribution in [0.1, 0.15) is 27.9 Å². The van der Waals surface area contributed by atoms with E-state index in [-0.39, 0.29) is 5.91 Å². The molecule has 1 heterocycles. The lowest BCUT2D eigenvalue weighted by Crippen LogP contribution is -2.29. The Morgan fingerprint density at radius 1 is 1.08 bits per heavy atom. The quantitative estimate of drug-likeness (QED) is 0.798. The van der Waals surface area contributed by atoms with Gasteiger partial charge in [0, 0.05) is 24.2 Å². The molecule has 0 fully saturated rings. The molecule has 1 aliphatic heterocycles. The second kappa shape index (κ2) is 7.69. The molecule has 0 spiro atoms. The Labute approximate surface area is 150 Å². The highest BCUT2D eigenvalue weighted by atomic mass is 35.5. The molecule has 3 rings (SSSR count). The van der Waals surface area contributed by atoms with Gasteiger partial charge in [-0.3, -0.25) is 9.79 Å². The normalized spacial score (nSPS) is 12.5. The van der Waals surface area contributed by atoms with Crippen LogP contribution in [0, 0.1) is 0 Å². The number of benzene rings is 2. The summed E-state index contributed by atoms with van der Waals surface area (Å²) >= 11 is 11.8. The SMILES string of the molecule is O=C(NCCCNC1=NCc2ccccc21)c1ccc(Cl)c(Cl)c1. The molecule has 0 aromatic heterocycles. The van der Waals surface area contributed by atoms with Crippen molar-refractivity contribution in [1.82, 2.24) is 10.6 Å². The number of fused-ring (bicyclic) bond motifs is 1. The fourth-order valence-corrected chi connectivity index (χ4v) is 2.82. The first kappa shape index (κ1) is 16.8. The Kier molecular flexibility index (Phi) is 5.38. The van der Waals surface area contributed by atoms with Crippen molar-refractivity contribution in [3.63, 3.8) is 0 Å². The molecule has 0 bridgehead atoms. The standard InChI is InChI=1S/C18H17Cl2N3O/c19-15-7-6-12(10-16(15)20)18(24)22-9-3-8-21-17-14-5-2-1-4-13(14)11-23-17/h1-2,4-7,10H,3,8-9,11H2,(H,21,23)(H,22,24). The van der Waals surface area contributed by atoms with Crippen LogP contribution in [-0.4, -0.2) is 24.8 Å². The number of carbonyl (C=O) groups excluding carboxylic acids is 1. The first-order valence-corrected chi connectivity index (χ1v) is 8.50. The maximum absolute atomic E-state index is 12.0. The number of nitrogens with zero attached hydrogens (tertiary/aromatic N) is 1. The van der Waals surface area contributed by atoms with Gasteiger partial charge in [-0.05, 0) is 30.2 Å². The maximum Gasteiger partial charge on any atom is 0.251 e. The van der Waals surface area contributed by atoms with Crippen LogP contribution in [0.15, 0.2) is 47.5 Å². The molecule has 2 N–H and O–H groups in total. The van der Waals surface area contributed by atoms with Gasteiger partial charge in [0.25, 0.3) is 5.91 Å². The lowest BCUT2D eigenvalue weighted by Gasteiger charge is -2.09. The van der Waals surface area contributed by atoms with E-state index in [0.717, 1.165) is 30.9 Å². The van der Waals surface area contributed by atoms with Gasteiger partial charge in [-0.25, -0.2) is 0 Å². The van der Waals surface area contributed by atoms with Gasteiger partial charge in [0.05, 0.1) is 16.6 Å². The summed E-state index contributed by atoms with van der Waals surface area (Å²) < 4.78 is 0. The molecule has 0 radical (unpaired) electrons. The lowest BCUT2D eigenvalue weighted by molar-refractivity contribution is 0.0953. The predicted molar refractivity (Wildman–Crippen MR) is 98.1 cm³/mol. The second-order valence-electron chi connectivity index (χ2n) is 5.49. The lowest BCUT2D eigenvalue weighted by atomic mass is 10.1. The summed E-state index contributed by atoms with van der Waals surface area (Å²) in [5.74, 6) is 0.776. The van der Waals surface area contributed by atoms with Crippen LogP contribution in [0.25, 0.3) is 0 Å². The molecule has 0 saturated carbocycles. The monoisotopic (exact) mass is 361 g/mol. The Bertz CT molecular complexity index is 790. The van der Waals surface area contributed by atoms with Gasteiger partial charge < -0.3 is 10.6 Å². The van der Waals surface area contributed by atoms with Crippen LogP contribution in [-0.2, 0) is 6.54 Å². The summed E-state index contributed by atoms with van der Waals surface area (Å²) in [4.78, 5) is 16.5. The van der Waals surface area contributed by atoms with Crippen LogP contribution in [0.4, 0.5) is 0 Å². The molecule has 1 aliphatic rings. The van der Waals surface area contributed by atoms with Crippen molar-refractivity contribution < 1.29 is 4.79 Å².